The van der Waals surface area contributed by atoms with E-state index in [1.54, 1.807) is 13.2 Å². The minimum Gasteiger partial charge on any atom is -0.461 e. The molecule has 0 aliphatic heterocycles. The summed E-state index contributed by atoms with van der Waals surface area (Å²) in [5.74, 6) is 1.84. The molecule has 0 radical (unpaired) electrons. The number of rotatable bonds is 6. The normalized spacial score (nSPS) is 13.6. The fourth-order valence-electron chi connectivity index (χ4n) is 2.91. The highest BCUT2D eigenvalue weighted by Crippen LogP contribution is 2.29. The Hall–Kier alpha value is -3.44. The molecule has 2 aromatic heterocycles. The van der Waals surface area contributed by atoms with Gasteiger partial charge in [0.15, 0.2) is 11.6 Å². The van der Waals surface area contributed by atoms with E-state index >= 15 is 0 Å². The van der Waals surface area contributed by atoms with Gasteiger partial charge in [-0.1, -0.05) is 43.3 Å². The first-order valence-corrected chi connectivity index (χ1v) is 9.63. The lowest BCUT2D eigenvalue weighted by molar-refractivity contribution is 0.108. The zero-order chi connectivity index (χ0) is 20.3. The van der Waals surface area contributed by atoms with Crippen LogP contribution < -0.4 is 5.32 Å². The number of furan rings is 1. The molecule has 1 atom stereocenters. The summed E-state index contributed by atoms with van der Waals surface area (Å²) in [6, 6.07) is 19.5. The number of para-hydroxylation sites is 1. The molecule has 0 fully saturated rings. The Morgan fingerprint density at radius 3 is 2.62 bits per heavy atom. The van der Waals surface area contributed by atoms with Crippen molar-refractivity contribution in [2.24, 2.45) is 0 Å². The van der Waals surface area contributed by atoms with Crippen molar-refractivity contribution in [2.75, 3.05) is 5.32 Å². The van der Waals surface area contributed by atoms with E-state index in [1.165, 1.54) is 0 Å². The highest BCUT2D eigenvalue weighted by Gasteiger charge is 2.14. The van der Waals surface area contributed by atoms with Crippen molar-refractivity contribution in [3.8, 4) is 11.6 Å². The molecule has 29 heavy (non-hydrogen) atoms. The number of aliphatic hydroxyl groups is 1. The first kappa shape index (κ1) is 18.9. The average Bonchev–Trinajstić information content (AvgIpc) is 3.28. The van der Waals surface area contributed by atoms with E-state index in [0.717, 1.165) is 22.2 Å². The molecule has 0 aliphatic rings. The maximum Gasteiger partial charge on any atom is 0.198 e. The summed E-state index contributed by atoms with van der Waals surface area (Å²) >= 11 is 0. The van der Waals surface area contributed by atoms with Crippen molar-refractivity contribution in [1.29, 1.82) is 0 Å². The van der Waals surface area contributed by atoms with Crippen molar-refractivity contribution in [3.63, 3.8) is 0 Å². The second-order valence-electron chi connectivity index (χ2n) is 7.18. The van der Waals surface area contributed by atoms with Gasteiger partial charge in [0.1, 0.15) is 5.82 Å². The number of fused-ring (bicyclic) bond motifs is 1. The van der Waals surface area contributed by atoms with E-state index in [9.17, 15) is 5.11 Å². The van der Waals surface area contributed by atoms with Gasteiger partial charge in [0.05, 0.1) is 17.4 Å². The largest absolute Gasteiger partial charge is 0.461 e. The molecule has 4 aromatic rings. The highest BCUT2D eigenvalue weighted by molar-refractivity contribution is 5.93. The van der Waals surface area contributed by atoms with E-state index in [2.05, 4.69) is 10.3 Å². The third kappa shape index (κ3) is 4.36. The van der Waals surface area contributed by atoms with Crippen molar-refractivity contribution in [3.05, 3.63) is 78.6 Å². The standard InChI is InChI=1S/C24H23N3O2/c1-3-24(2,28)14-13-17-11-12-20-19(16-17)22(25-18-8-5-4-6-9-18)27-23(26-20)21-10-7-15-29-21/h4-16,28H,3H2,1-2H3,(H,25,26,27)/b14-13+. The Morgan fingerprint density at radius 2 is 1.90 bits per heavy atom. The molecule has 2 N–H and O–H groups in total. The summed E-state index contributed by atoms with van der Waals surface area (Å²) in [5.41, 5.74) is 1.88. The molecule has 5 nitrogen and oxygen atoms in total. The molecule has 0 aliphatic carbocycles. The lowest BCUT2D eigenvalue weighted by atomic mass is 10.0. The third-order valence-corrected chi connectivity index (χ3v) is 4.85. The van der Waals surface area contributed by atoms with Gasteiger partial charge in [0, 0.05) is 11.1 Å². The first-order valence-electron chi connectivity index (χ1n) is 9.63. The van der Waals surface area contributed by atoms with Gasteiger partial charge < -0.3 is 14.8 Å². The van der Waals surface area contributed by atoms with Crippen LogP contribution in [0.1, 0.15) is 25.8 Å². The van der Waals surface area contributed by atoms with E-state index < -0.39 is 5.60 Å². The molecule has 5 heteroatoms. The van der Waals surface area contributed by atoms with E-state index in [-0.39, 0.29) is 0 Å². The summed E-state index contributed by atoms with van der Waals surface area (Å²) < 4.78 is 5.49. The fourth-order valence-corrected chi connectivity index (χ4v) is 2.91. The van der Waals surface area contributed by atoms with Crippen LogP contribution in [0.2, 0.25) is 0 Å². The number of hydrogen-bond acceptors (Lipinski definition) is 5. The molecule has 0 spiro atoms. The number of aromatic nitrogens is 2. The SMILES string of the molecule is CCC(C)(O)/C=C/c1ccc2nc(-c3ccco3)nc(Nc3ccccc3)c2c1. The zero-order valence-electron chi connectivity index (χ0n) is 16.5. The van der Waals surface area contributed by atoms with Crippen molar-refractivity contribution in [2.45, 2.75) is 25.9 Å². The predicted molar refractivity (Wildman–Crippen MR) is 117 cm³/mol. The number of anilines is 2. The summed E-state index contributed by atoms with van der Waals surface area (Å²) in [6.07, 6.45) is 6.00. The van der Waals surface area contributed by atoms with Crippen molar-refractivity contribution < 1.29 is 9.52 Å². The molecule has 0 amide bonds. The van der Waals surface area contributed by atoms with E-state index in [4.69, 9.17) is 9.40 Å². The summed E-state index contributed by atoms with van der Waals surface area (Å²) in [4.78, 5) is 9.38. The Labute approximate surface area is 169 Å². The van der Waals surface area contributed by atoms with Crippen LogP contribution in [0.4, 0.5) is 11.5 Å². The summed E-state index contributed by atoms with van der Waals surface area (Å²) in [7, 11) is 0. The second-order valence-corrected chi connectivity index (χ2v) is 7.18. The Balaban J connectivity index is 1.81. The molecular formula is C24H23N3O2. The molecule has 2 aromatic carbocycles. The Kier molecular flexibility index (Phi) is 5.14. The quantitative estimate of drug-likeness (QED) is 0.438. The zero-order valence-corrected chi connectivity index (χ0v) is 16.5. The van der Waals surface area contributed by atoms with Gasteiger partial charge in [-0.25, -0.2) is 9.97 Å². The van der Waals surface area contributed by atoms with Gasteiger partial charge in [-0.15, -0.1) is 0 Å². The average molecular weight is 385 g/mol. The van der Waals surface area contributed by atoms with Crippen LogP contribution >= 0.6 is 0 Å². The van der Waals surface area contributed by atoms with Crippen LogP contribution in [0.15, 0.2) is 77.4 Å². The van der Waals surface area contributed by atoms with Gasteiger partial charge in [-0.05, 0) is 55.3 Å². The molecule has 146 valence electrons. The summed E-state index contributed by atoms with van der Waals surface area (Å²) in [6.45, 7) is 3.75. The Morgan fingerprint density at radius 1 is 1.07 bits per heavy atom. The highest BCUT2D eigenvalue weighted by atomic mass is 16.3. The van der Waals surface area contributed by atoms with Crippen LogP contribution in [-0.4, -0.2) is 20.7 Å². The minimum atomic E-state index is -0.834. The maximum atomic E-state index is 10.3. The summed E-state index contributed by atoms with van der Waals surface area (Å²) in [5, 5.41) is 14.5. The molecule has 0 saturated heterocycles. The lowest BCUT2D eigenvalue weighted by Gasteiger charge is -2.15. The van der Waals surface area contributed by atoms with Crippen LogP contribution in [0, 0.1) is 0 Å². The predicted octanol–water partition coefficient (Wildman–Crippen LogP) is 5.81. The van der Waals surface area contributed by atoms with Crippen molar-refractivity contribution >= 4 is 28.5 Å². The third-order valence-electron chi connectivity index (χ3n) is 4.85. The number of nitrogens with one attached hydrogen (secondary N) is 1. The van der Waals surface area contributed by atoms with Crippen LogP contribution in [0.25, 0.3) is 28.6 Å². The minimum absolute atomic E-state index is 0.526. The van der Waals surface area contributed by atoms with Gasteiger partial charge >= 0.3 is 0 Å². The van der Waals surface area contributed by atoms with Gasteiger partial charge in [0.2, 0.25) is 0 Å². The molecule has 2 heterocycles. The topological polar surface area (TPSA) is 71.2 Å². The van der Waals surface area contributed by atoms with Crippen LogP contribution in [-0.2, 0) is 0 Å². The maximum absolute atomic E-state index is 10.3. The van der Waals surface area contributed by atoms with E-state index in [0.29, 0.717) is 23.8 Å². The smallest absolute Gasteiger partial charge is 0.198 e. The number of hydrogen-bond donors (Lipinski definition) is 2. The molecule has 0 bridgehead atoms. The van der Waals surface area contributed by atoms with Crippen LogP contribution in [0.5, 0.6) is 0 Å². The van der Waals surface area contributed by atoms with E-state index in [1.807, 2.05) is 79.7 Å². The van der Waals surface area contributed by atoms with Gasteiger partial charge in [0.25, 0.3) is 0 Å². The monoisotopic (exact) mass is 385 g/mol. The second kappa shape index (κ2) is 7.89. The molecule has 1 unspecified atom stereocenters. The Bertz CT molecular complexity index is 1130. The van der Waals surface area contributed by atoms with Crippen LogP contribution in [0.3, 0.4) is 0 Å². The van der Waals surface area contributed by atoms with Crippen molar-refractivity contribution in [1.82, 2.24) is 9.97 Å². The van der Waals surface area contributed by atoms with Gasteiger partial charge in [-0.3, -0.25) is 0 Å². The fraction of sp³-hybridized carbons (Fsp3) is 0.167. The first-order chi connectivity index (χ1) is 14.0. The van der Waals surface area contributed by atoms with Gasteiger partial charge in [-0.2, -0.15) is 0 Å². The molecule has 0 saturated carbocycles. The lowest BCUT2D eigenvalue weighted by Crippen LogP contribution is -2.18. The molecule has 4 rings (SSSR count). The number of benzene rings is 2. The molecular weight excluding hydrogens is 362 g/mol. The number of nitrogens with zero attached hydrogens (tertiary/aromatic N) is 2.